The highest BCUT2D eigenvalue weighted by atomic mass is 16.1. The maximum absolute atomic E-state index is 10.8. The third-order valence-corrected chi connectivity index (χ3v) is 2.35. The number of carbonyl (C=O) groups excluding carboxylic acids is 1. The number of tetrazole rings is 1. The number of hydrogen-bond acceptors (Lipinski definition) is 5. The van der Waals surface area contributed by atoms with Gasteiger partial charge in [-0.3, -0.25) is 4.79 Å². The van der Waals surface area contributed by atoms with Crippen LogP contribution >= 0.6 is 0 Å². The lowest BCUT2D eigenvalue weighted by Gasteiger charge is -2.12. The fraction of sp³-hybridized carbons (Fsp3) is 0.273. The van der Waals surface area contributed by atoms with Crippen molar-refractivity contribution in [3.63, 3.8) is 0 Å². The minimum atomic E-state index is -0.367. The van der Waals surface area contributed by atoms with Crippen molar-refractivity contribution in [3.05, 3.63) is 30.3 Å². The average molecular weight is 246 g/mol. The number of aromatic nitrogens is 4. The highest BCUT2D eigenvalue weighted by Crippen LogP contribution is 2.11. The fourth-order valence-corrected chi connectivity index (χ4v) is 1.59. The van der Waals surface area contributed by atoms with Crippen LogP contribution in [0, 0.1) is 0 Å². The molecule has 2 rings (SSSR count). The van der Waals surface area contributed by atoms with E-state index in [0.29, 0.717) is 5.95 Å². The molecule has 3 N–H and O–H groups in total. The van der Waals surface area contributed by atoms with E-state index < -0.39 is 0 Å². The normalized spacial score (nSPS) is 12.1. The Bertz CT molecular complexity index is 523. The number of primary amides is 1. The second-order valence-electron chi connectivity index (χ2n) is 3.97. The maximum atomic E-state index is 10.8. The Morgan fingerprint density at radius 3 is 2.83 bits per heavy atom. The van der Waals surface area contributed by atoms with Gasteiger partial charge in [0, 0.05) is 12.5 Å². The number of nitrogens with one attached hydrogen (secondary N) is 1. The van der Waals surface area contributed by atoms with Crippen molar-refractivity contribution in [1.82, 2.24) is 20.2 Å². The van der Waals surface area contributed by atoms with Crippen LogP contribution in [0.4, 0.5) is 5.95 Å². The number of nitrogens with zero attached hydrogens (tertiary/aromatic N) is 4. The number of anilines is 1. The summed E-state index contributed by atoms with van der Waals surface area (Å²) in [5.74, 6) is 0.115. The smallest absolute Gasteiger partial charge is 0.247 e. The monoisotopic (exact) mass is 246 g/mol. The van der Waals surface area contributed by atoms with Gasteiger partial charge >= 0.3 is 0 Å². The number of hydrogen-bond donors (Lipinski definition) is 2. The van der Waals surface area contributed by atoms with E-state index in [1.807, 2.05) is 37.3 Å². The number of para-hydroxylation sites is 1. The summed E-state index contributed by atoms with van der Waals surface area (Å²) in [6, 6.07) is 9.36. The molecular formula is C11H14N6O. The van der Waals surface area contributed by atoms with Gasteiger partial charge in [-0.05, 0) is 29.5 Å². The summed E-state index contributed by atoms with van der Waals surface area (Å²) in [6.07, 6.45) is 0.224. The molecule has 2 aromatic rings. The van der Waals surface area contributed by atoms with Gasteiger partial charge in [0.05, 0.1) is 5.69 Å². The van der Waals surface area contributed by atoms with E-state index in [9.17, 15) is 4.79 Å². The van der Waals surface area contributed by atoms with Gasteiger partial charge in [-0.15, -0.1) is 0 Å². The molecule has 0 radical (unpaired) electrons. The molecule has 7 nitrogen and oxygen atoms in total. The zero-order chi connectivity index (χ0) is 13.0. The predicted molar refractivity (Wildman–Crippen MR) is 66.1 cm³/mol. The van der Waals surface area contributed by atoms with Gasteiger partial charge in [0.2, 0.25) is 11.9 Å². The molecule has 0 saturated carbocycles. The Kier molecular flexibility index (Phi) is 3.52. The van der Waals surface area contributed by atoms with Crippen molar-refractivity contribution in [3.8, 4) is 5.69 Å². The maximum Gasteiger partial charge on any atom is 0.247 e. The Balaban J connectivity index is 2.16. The number of rotatable bonds is 5. The minimum absolute atomic E-state index is 0.129. The van der Waals surface area contributed by atoms with Crippen molar-refractivity contribution in [2.75, 3.05) is 5.32 Å². The van der Waals surface area contributed by atoms with E-state index in [2.05, 4.69) is 20.8 Å². The molecule has 0 aliphatic rings. The van der Waals surface area contributed by atoms with Crippen LogP contribution in [0.2, 0.25) is 0 Å². The van der Waals surface area contributed by atoms with Crippen molar-refractivity contribution in [2.24, 2.45) is 5.73 Å². The van der Waals surface area contributed by atoms with Gasteiger partial charge < -0.3 is 11.1 Å². The van der Waals surface area contributed by atoms with Crippen molar-refractivity contribution < 1.29 is 4.79 Å². The summed E-state index contributed by atoms with van der Waals surface area (Å²) < 4.78 is 1.57. The lowest BCUT2D eigenvalue weighted by atomic mass is 10.2. The second-order valence-corrected chi connectivity index (χ2v) is 3.97. The highest BCUT2D eigenvalue weighted by molar-refractivity contribution is 5.74. The first-order valence-electron chi connectivity index (χ1n) is 5.55. The van der Waals surface area contributed by atoms with E-state index >= 15 is 0 Å². The summed E-state index contributed by atoms with van der Waals surface area (Å²) in [6.45, 7) is 1.84. The first-order chi connectivity index (χ1) is 8.66. The van der Waals surface area contributed by atoms with E-state index in [0.717, 1.165) is 5.69 Å². The lowest BCUT2D eigenvalue weighted by Crippen LogP contribution is -2.25. The first kappa shape index (κ1) is 12.0. The van der Waals surface area contributed by atoms with E-state index in [4.69, 9.17) is 5.73 Å². The van der Waals surface area contributed by atoms with Crippen LogP contribution in [0.1, 0.15) is 13.3 Å². The molecule has 7 heteroatoms. The quantitative estimate of drug-likeness (QED) is 0.792. The Morgan fingerprint density at radius 1 is 1.44 bits per heavy atom. The van der Waals surface area contributed by atoms with Crippen molar-refractivity contribution in [1.29, 1.82) is 0 Å². The molecule has 0 aliphatic carbocycles. The zero-order valence-corrected chi connectivity index (χ0v) is 9.95. The fourth-order valence-electron chi connectivity index (χ4n) is 1.59. The molecule has 0 saturated heterocycles. The third kappa shape index (κ3) is 2.82. The largest absolute Gasteiger partial charge is 0.370 e. The molecule has 1 unspecified atom stereocenters. The second kappa shape index (κ2) is 5.26. The summed E-state index contributed by atoms with van der Waals surface area (Å²) in [7, 11) is 0. The molecule has 0 spiro atoms. The summed E-state index contributed by atoms with van der Waals surface area (Å²) >= 11 is 0. The van der Waals surface area contributed by atoms with E-state index in [1.54, 1.807) is 4.68 Å². The van der Waals surface area contributed by atoms with Gasteiger partial charge in [0.25, 0.3) is 0 Å². The van der Waals surface area contributed by atoms with Crippen molar-refractivity contribution >= 4 is 11.9 Å². The van der Waals surface area contributed by atoms with Gasteiger partial charge in [0.15, 0.2) is 0 Å². The van der Waals surface area contributed by atoms with E-state index in [-0.39, 0.29) is 18.4 Å². The van der Waals surface area contributed by atoms with Crippen LogP contribution < -0.4 is 11.1 Å². The summed E-state index contributed by atoms with van der Waals surface area (Å²) in [4.78, 5) is 10.8. The topological polar surface area (TPSA) is 98.7 Å². The number of nitrogens with two attached hydrogens (primary N) is 1. The number of carbonyl (C=O) groups is 1. The summed E-state index contributed by atoms with van der Waals surface area (Å²) in [5, 5.41) is 14.4. The van der Waals surface area contributed by atoms with E-state index in [1.165, 1.54) is 0 Å². The highest BCUT2D eigenvalue weighted by Gasteiger charge is 2.12. The summed E-state index contributed by atoms with van der Waals surface area (Å²) in [5.41, 5.74) is 5.98. The SMILES string of the molecule is CC(CC(N)=O)Nc1nnnn1-c1ccccc1. The zero-order valence-electron chi connectivity index (χ0n) is 9.95. The molecule has 1 aromatic carbocycles. The predicted octanol–water partition coefficient (Wildman–Crippen LogP) is 0.338. The average Bonchev–Trinajstić information content (AvgIpc) is 2.77. The molecular weight excluding hydrogens is 232 g/mol. The molecule has 0 bridgehead atoms. The van der Waals surface area contributed by atoms with Crippen LogP contribution in [0.15, 0.2) is 30.3 Å². The molecule has 0 fully saturated rings. The minimum Gasteiger partial charge on any atom is -0.370 e. The number of benzene rings is 1. The Morgan fingerprint density at radius 2 is 2.17 bits per heavy atom. The standard InChI is InChI=1S/C11H14N6O/c1-8(7-10(12)18)13-11-14-15-16-17(11)9-5-3-2-4-6-9/h2-6,8H,7H2,1H3,(H2,12,18)(H,13,14,16). The van der Waals surface area contributed by atoms with Crippen LogP contribution in [-0.4, -0.2) is 32.2 Å². The van der Waals surface area contributed by atoms with Crippen molar-refractivity contribution in [2.45, 2.75) is 19.4 Å². The molecule has 1 aromatic heterocycles. The van der Waals surface area contributed by atoms with Gasteiger partial charge in [-0.1, -0.05) is 23.3 Å². The van der Waals surface area contributed by atoms with Gasteiger partial charge in [-0.25, -0.2) is 0 Å². The lowest BCUT2D eigenvalue weighted by molar-refractivity contribution is -0.118. The molecule has 1 heterocycles. The molecule has 0 aliphatic heterocycles. The van der Waals surface area contributed by atoms with Crippen LogP contribution in [-0.2, 0) is 4.79 Å². The molecule has 94 valence electrons. The Labute approximate surface area is 104 Å². The van der Waals surface area contributed by atoms with Crippen LogP contribution in [0.5, 0.6) is 0 Å². The van der Waals surface area contributed by atoms with Gasteiger partial charge in [-0.2, -0.15) is 4.68 Å². The van der Waals surface area contributed by atoms with Crippen LogP contribution in [0.3, 0.4) is 0 Å². The first-order valence-corrected chi connectivity index (χ1v) is 5.55. The molecule has 1 amide bonds. The molecule has 18 heavy (non-hydrogen) atoms. The number of amides is 1. The Hall–Kier alpha value is -2.44. The van der Waals surface area contributed by atoms with Gasteiger partial charge in [0.1, 0.15) is 0 Å². The third-order valence-electron chi connectivity index (χ3n) is 2.35. The van der Waals surface area contributed by atoms with Crippen LogP contribution in [0.25, 0.3) is 5.69 Å². The molecule has 1 atom stereocenters.